The van der Waals surface area contributed by atoms with Crippen molar-refractivity contribution in [1.82, 2.24) is 10.2 Å². The zero-order chi connectivity index (χ0) is 38.3. The van der Waals surface area contributed by atoms with Crippen LogP contribution in [-0.2, 0) is 21.5 Å². The lowest BCUT2D eigenvalue weighted by Gasteiger charge is -2.49. The number of carbonyl (C=O) groups is 2. The van der Waals surface area contributed by atoms with Gasteiger partial charge in [-0.05, 0) is 66.5 Å². The predicted octanol–water partition coefficient (Wildman–Crippen LogP) is 10.6. The number of amides is 2. The molecule has 3 atom stereocenters. The first-order chi connectivity index (χ1) is 25.4. The summed E-state index contributed by atoms with van der Waals surface area (Å²) >= 11 is 12.7. The van der Waals surface area contributed by atoms with Gasteiger partial charge >= 0.3 is 0 Å². The number of hydrogen-bond donors (Lipinski definition) is 2. The molecule has 11 heteroatoms. The van der Waals surface area contributed by atoms with Crippen LogP contribution < -0.4 is 10.6 Å². The molecule has 0 aromatic heterocycles. The van der Waals surface area contributed by atoms with E-state index in [4.69, 9.17) is 23.2 Å². The second-order valence-electron chi connectivity index (χ2n) is 15.5. The minimum atomic E-state index is -0.887. The minimum absolute atomic E-state index is 0.0326. The Labute approximate surface area is 323 Å². The van der Waals surface area contributed by atoms with Crippen LogP contribution in [-0.4, -0.2) is 40.3 Å². The van der Waals surface area contributed by atoms with E-state index in [0.29, 0.717) is 29.2 Å². The molecule has 2 saturated carbocycles. The van der Waals surface area contributed by atoms with E-state index in [0.717, 1.165) is 55.1 Å². The van der Waals surface area contributed by atoms with Gasteiger partial charge in [-0.25, -0.2) is 4.39 Å². The summed E-state index contributed by atoms with van der Waals surface area (Å²) in [5.74, 6) is 0.466. The van der Waals surface area contributed by atoms with E-state index in [-0.39, 0.29) is 23.2 Å². The molecule has 286 valence electrons. The van der Waals surface area contributed by atoms with Crippen molar-refractivity contribution < 1.29 is 18.9 Å². The molecule has 53 heavy (non-hydrogen) atoms. The summed E-state index contributed by atoms with van der Waals surface area (Å²) < 4.78 is 16.1. The fourth-order valence-corrected chi connectivity index (χ4v) is 9.65. The van der Waals surface area contributed by atoms with Gasteiger partial charge in [-0.3, -0.25) is 25.0 Å². The van der Waals surface area contributed by atoms with Crippen molar-refractivity contribution in [3.05, 3.63) is 103 Å². The van der Waals surface area contributed by atoms with E-state index in [1.807, 2.05) is 13.0 Å². The van der Waals surface area contributed by atoms with E-state index in [2.05, 4.69) is 31.4 Å². The maximum absolute atomic E-state index is 16.1. The molecule has 0 radical (unpaired) electrons. The SMILES string of the molecule is CC(C)C1CCCCC1.CCN(Cc1ccc([N+](=O)[O-])cc1)C(=O)C1NC2(CCCCC2)[C@](C)(c2ccc(Cl)cc2NC=O)[C@H]1c1cccc(Cl)c1F. The summed E-state index contributed by atoms with van der Waals surface area (Å²) in [6.07, 6.45) is 12.4. The van der Waals surface area contributed by atoms with Gasteiger partial charge in [0.1, 0.15) is 5.82 Å². The van der Waals surface area contributed by atoms with Crippen molar-refractivity contribution in [2.45, 2.75) is 121 Å². The van der Waals surface area contributed by atoms with Gasteiger partial charge in [-0.2, -0.15) is 0 Å². The maximum Gasteiger partial charge on any atom is 0.269 e. The number of nitro groups is 1. The number of non-ortho nitro benzene ring substituents is 1. The summed E-state index contributed by atoms with van der Waals surface area (Å²) in [6, 6.07) is 15.4. The molecular weight excluding hydrogens is 714 g/mol. The first-order valence-corrected chi connectivity index (χ1v) is 19.9. The second-order valence-corrected chi connectivity index (χ2v) is 16.3. The monoisotopic (exact) mass is 766 g/mol. The Hall–Kier alpha value is -3.53. The van der Waals surface area contributed by atoms with Crippen LogP contribution in [0.15, 0.2) is 60.7 Å². The van der Waals surface area contributed by atoms with Gasteiger partial charge in [0.15, 0.2) is 0 Å². The Kier molecular flexibility index (Phi) is 13.6. The van der Waals surface area contributed by atoms with Crippen LogP contribution in [0.25, 0.3) is 0 Å². The van der Waals surface area contributed by atoms with Crippen molar-refractivity contribution in [2.75, 3.05) is 11.9 Å². The quantitative estimate of drug-likeness (QED) is 0.121. The highest BCUT2D eigenvalue weighted by molar-refractivity contribution is 6.31. The van der Waals surface area contributed by atoms with Crippen LogP contribution in [0.4, 0.5) is 15.8 Å². The lowest BCUT2D eigenvalue weighted by atomic mass is 9.56. The fourth-order valence-electron chi connectivity index (χ4n) is 9.30. The highest BCUT2D eigenvalue weighted by atomic mass is 35.5. The first-order valence-electron chi connectivity index (χ1n) is 19.1. The third-order valence-corrected chi connectivity index (χ3v) is 12.8. The van der Waals surface area contributed by atoms with Crippen LogP contribution in [0.1, 0.15) is 115 Å². The summed E-state index contributed by atoms with van der Waals surface area (Å²) in [5.41, 5.74) is 0.760. The predicted molar refractivity (Wildman–Crippen MR) is 211 cm³/mol. The number of nitrogens with one attached hydrogen (secondary N) is 2. The Balaban J connectivity index is 0.000000526. The third-order valence-electron chi connectivity index (χ3n) is 12.2. The van der Waals surface area contributed by atoms with E-state index in [9.17, 15) is 19.7 Å². The molecule has 1 saturated heterocycles. The molecule has 2 N–H and O–H groups in total. The van der Waals surface area contributed by atoms with Crippen LogP contribution in [0.3, 0.4) is 0 Å². The molecule has 8 nitrogen and oxygen atoms in total. The van der Waals surface area contributed by atoms with E-state index in [1.165, 1.54) is 50.3 Å². The maximum atomic E-state index is 16.1. The zero-order valence-electron chi connectivity index (χ0n) is 31.3. The fraction of sp³-hybridized carbons (Fsp3) is 0.524. The summed E-state index contributed by atoms with van der Waals surface area (Å²) in [5, 5.41) is 18.1. The van der Waals surface area contributed by atoms with Crippen LogP contribution in [0.2, 0.25) is 10.0 Å². The van der Waals surface area contributed by atoms with Crippen molar-refractivity contribution >= 4 is 46.9 Å². The highest BCUT2D eigenvalue weighted by Crippen LogP contribution is 2.60. The Bertz CT molecular complexity index is 1740. The van der Waals surface area contributed by atoms with E-state index >= 15 is 4.39 Å². The molecule has 3 fully saturated rings. The number of benzene rings is 3. The summed E-state index contributed by atoms with van der Waals surface area (Å²) in [7, 11) is 0. The molecule has 3 aliphatic rings. The van der Waals surface area contributed by atoms with Crippen LogP contribution >= 0.6 is 23.2 Å². The minimum Gasteiger partial charge on any atom is -0.337 e. The van der Waals surface area contributed by atoms with Crippen LogP contribution in [0.5, 0.6) is 0 Å². The average Bonchev–Trinajstić information content (AvgIpc) is 3.40. The van der Waals surface area contributed by atoms with Gasteiger partial charge in [0.05, 0.1) is 16.0 Å². The lowest BCUT2D eigenvalue weighted by Crippen LogP contribution is -2.56. The van der Waals surface area contributed by atoms with Crippen molar-refractivity contribution in [3.8, 4) is 0 Å². The molecule has 1 spiro atoms. The number of anilines is 1. The van der Waals surface area contributed by atoms with Gasteiger partial charge in [0, 0.05) is 52.8 Å². The number of nitro benzene ring substituents is 1. The number of carbonyl (C=O) groups excluding carboxylic acids is 2. The standard InChI is InChI=1S/C33H35Cl2FN4O4.C9H18/c1-3-39(19-21-10-13-23(14-11-21)40(43)44)31(42)30-28(24-8-7-9-26(35)29(24)36)32(2,33(38-30)16-5-4-6-17-33)25-15-12-22(34)18-27(25)37-20-41;1-8(2)9-6-4-3-5-7-9/h7-15,18,20,28,30,38H,3-6,16-17,19H2,1-2H3,(H,37,41);8-9H,3-7H2,1-2H3/t28-,30?,32+;/m0./s1. The second kappa shape index (κ2) is 17.7. The van der Waals surface area contributed by atoms with E-state index in [1.54, 1.807) is 41.3 Å². The van der Waals surface area contributed by atoms with Crippen molar-refractivity contribution in [3.63, 3.8) is 0 Å². The Morgan fingerprint density at radius 3 is 2.28 bits per heavy atom. The highest BCUT2D eigenvalue weighted by Gasteiger charge is 2.65. The smallest absolute Gasteiger partial charge is 0.269 e. The number of nitrogens with zero attached hydrogens (tertiary/aromatic N) is 2. The third kappa shape index (κ3) is 8.58. The van der Waals surface area contributed by atoms with Crippen molar-refractivity contribution in [1.29, 1.82) is 0 Å². The van der Waals surface area contributed by atoms with Crippen LogP contribution in [0, 0.1) is 27.8 Å². The number of hydrogen-bond acceptors (Lipinski definition) is 5. The molecule has 3 aromatic carbocycles. The lowest BCUT2D eigenvalue weighted by molar-refractivity contribution is -0.384. The zero-order valence-corrected chi connectivity index (χ0v) is 32.8. The van der Waals surface area contributed by atoms with E-state index < -0.39 is 33.7 Å². The Morgan fingerprint density at radius 1 is 1.04 bits per heavy atom. The molecule has 0 bridgehead atoms. The van der Waals surface area contributed by atoms with Crippen molar-refractivity contribution in [2.24, 2.45) is 11.8 Å². The van der Waals surface area contributed by atoms with Gasteiger partial charge in [-0.15, -0.1) is 0 Å². The molecule has 2 aliphatic carbocycles. The molecule has 2 amide bonds. The first kappa shape index (κ1) is 40.7. The average molecular weight is 768 g/mol. The molecule has 1 unspecified atom stereocenters. The van der Waals surface area contributed by atoms with Gasteiger partial charge in [-0.1, -0.05) is 126 Å². The normalized spacial score (nSPS) is 22.6. The number of rotatable bonds is 10. The largest absolute Gasteiger partial charge is 0.337 e. The molecule has 3 aromatic rings. The van der Waals surface area contributed by atoms with Gasteiger partial charge in [0.25, 0.3) is 5.69 Å². The summed E-state index contributed by atoms with van der Waals surface area (Å²) in [4.78, 5) is 38.8. The topological polar surface area (TPSA) is 105 Å². The van der Waals surface area contributed by atoms with Gasteiger partial charge < -0.3 is 10.2 Å². The van der Waals surface area contributed by atoms with Gasteiger partial charge in [0.2, 0.25) is 12.3 Å². The number of likely N-dealkylation sites (N-methyl/N-ethyl adjacent to an activating group) is 1. The Morgan fingerprint density at radius 2 is 1.70 bits per heavy atom. The molecule has 1 aliphatic heterocycles. The summed E-state index contributed by atoms with van der Waals surface area (Å²) in [6.45, 7) is 9.22. The molecule has 1 heterocycles. The molecular formula is C42H53Cl2FN4O4. The molecule has 6 rings (SSSR count). The number of halogens is 3.